The Kier molecular flexibility index (Phi) is 5.58. The second kappa shape index (κ2) is 7.40. The lowest BCUT2D eigenvalue weighted by molar-refractivity contribution is -0.136. The van der Waals surface area contributed by atoms with Crippen molar-refractivity contribution in [3.8, 4) is 11.8 Å². The first-order valence-corrected chi connectivity index (χ1v) is 5.76. The van der Waals surface area contributed by atoms with Crippen LogP contribution < -0.4 is 10.4 Å². The van der Waals surface area contributed by atoms with Crippen molar-refractivity contribution in [2.24, 2.45) is 0 Å². The number of amides is 2. The minimum atomic E-state index is -1.55. The van der Waals surface area contributed by atoms with E-state index in [1.54, 1.807) is 18.4 Å². The number of para-hydroxylation sites is 1. The molecule has 0 atom stereocenters. The summed E-state index contributed by atoms with van der Waals surface area (Å²) in [6.45, 7) is 1.79. The summed E-state index contributed by atoms with van der Waals surface area (Å²) >= 11 is 0. The van der Waals surface area contributed by atoms with Crippen LogP contribution in [0.1, 0.15) is 12.5 Å². The Morgan fingerprint density at radius 3 is 2.52 bits per heavy atom. The van der Waals surface area contributed by atoms with Crippen LogP contribution in [-0.2, 0) is 9.53 Å². The normalized spacial score (nSPS) is 9.00. The summed E-state index contributed by atoms with van der Waals surface area (Å²) in [6, 6.07) is 5.87. The van der Waals surface area contributed by atoms with E-state index in [4.69, 9.17) is 10.2 Å². The van der Waals surface area contributed by atoms with Crippen LogP contribution in [0.5, 0.6) is 0 Å². The third-order valence-electron chi connectivity index (χ3n) is 2.12. The molecule has 1 rings (SSSR count). The molecular weight excluding hydrogens is 280 g/mol. The molecule has 0 aliphatic rings. The molecule has 21 heavy (non-hydrogen) atoms. The van der Waals surface area contributed by atoms with Gasteiger partial charge >= 0.3 is 18.2 Å². The number of esters is 1. The fourth-order valence-corrected chi connectivity index (χ4v) is 1.37. The van der Waals surface area contributed by atoms with Crippen LogP contribution in [0.2, 0.25) is 0 Å². The van der Waals surface area contributed by atoms with E-state index in [0.717, 1.165) is 0 Å². The number of carbonyl (C=O) groups excluding carboxylic acids is 1. The zero-order valence-corrected chi connectivity index (χ0v) is 11.0. The third-order valence-corrected chi connectivity index (χ3v) is 2.12. The van der Waals surface area contributed by atoms with Crippen molar-refractivity contribution in [3.05, 3.63) is 29.8 Å². The van der Waals surface area contributed by atoms with E-state index < -0.39 is 18.2 Å². The molecule has 0 fully saturated rings. The molecule has 1 aromatic carbocycles. The summed E-state index contributed by atoms with van der Waals surface area (Å²) in [5, 5.41) is 18.1. The predicted octanol–water partition coefficient (Wildman–Crippen LogP) is 1.27. The number of rotatable bonds is 2. The summed E-state index contributed by atoms with van der Waals surface area (Å²) in [4.78, 5) is 32.9. The van der Waals surface area contributed by atoms with Crippen molar-refractivity contribution in [3.63, 3.8) is 0 Å². The topological polar surface area (TPSA) is 116 Å². The molecule has 110 valence electrons. The predicted molar refractivity (Wildman–Crippen MR) is 71.6 cm³/mol. The zero-order chi connectivity index (χ0) is 15.8. The van der Waals surface area contributed by atoms with E-state index >= 15 is 0 Å². The van der Waals surface area contributed by atoms with Crippen molar-refractivity contribution in [2.75, 3.05) is 11.6 Å². The molecule has 0 unspecified atom stereocenters. The first-order chi connectivity index (χ1) is 9.95. The van der Waals surface area contributed by atoms with Crippen molar-refractivity contribution in [1.82, 2.24) is 5.43 Å². The molecule has 0 radical (unpaired) electrons. The van der Waals surface area contributed by atoms with Gasteiger partial charge in [-0.05, 0) is 19.1 Å². The largest absolute Gasteiger partial charge is 0.464 e. The van der Waals surface area contributed by atoms with Crippen LogP contribution in [0.3, 0.4) is 0 Å². The molecule has 2 amide bonds. The van der Waals surface area contributed by atoms with Crippen molar-refractivity contribution >= 4 is 23.8 Å². The Balaban J connectivity index is 3.15. The Morgan fingerprint density at radius 1 is 1.29 bits per heavy atom. The smallest absolute Gasteiger partial charge is 0.431 e. The SMILES string of the molecule is CCOC(=O)C#Cc1ccccc1N(NC(=O)O)C(=O)O. The van der Waals surface area contributed by atoms with Gasteiger partial charge in [0.25, 0.3) is 0 Å². The number of ether oxygens (including phenoxy) is 1. The lowest BCUT2D eigenvalue weighted by Gasteiger charge is -2.19. The van der Waals surface area contributed by atoms with Gasteiger partial charge in [0.1, 0.15) is 0 Å². The molecule has 0 aromatic heterocycles. The average Bonchev–Trinajstić information content (AvgIpc) is 2.43. The number of hydrogen-bond donors (Lipinski definition) is 3. The lowest BCUT2D eigenvalue weighted by atomic mass is 10.2. The van der Waals surface area contributed by atoms with Crippen LogP contribution in [0.4, 0.5) is 15.3 Å². The highest BCUT2D eigenvalue weighted by atomic mass is 16.5. The molecule has 0 aliphatic carbocycles. The van der Waals surface area contributed by atoms with Gasteiger partial charge in [0.15, 0.2) is 0 Å². The Labute approximate surface area is 119 Å². The highest BCUT2D eigenvalue weighted by Gasteiger charge is 2.19. The molecular formula is C13H12N2O6. The van der Waals surface area contributed by atoms with Gasteiger partial charge in [-0.2, -0.15) is 5.01 Å². The van der Waals surface area contributed by atoms with Crippen molar-refractivity contribution in [1.29, 1.82) is 0 Å². The molecule has 0 saturated heterocycles. The maximum Gasteiger partial charge on any atom is 0.431 e. The number of carbonyl (C=O) groups is 3. The monoisotopic (exact) mass is 292 g/mol. The second-order valence-corrected chi connectivity index (χ2v) is 3.52. The standard InChI is InChI=1S/C13H12N2O6/c1-2-21-11(16)8-7-9-5-3-4-6-10(9)15(13(19)20)14-12(17)18/h3-6,14H,2H2,1H3,(H,17,18)(H,19,20). The first-order valence-electron chi connectivity index (χ1n) is 5.76. The van der Waals surface area contributed by atoms with Gasteiger partial charge in [0, 0.05) is 5.92 Å². The number of hydrogen-bond acceptors (Lipinski definition) is 4. The molecule has 1 aromatic rings. The molecule has 0 saturated carbocycles. The molecule has 0 spiro atoms. The van der Waals surface area contributed by atoms with Gasteiger partial charge in [0.05, 0.1) is 17.9 Å². The van der Waals surface area contributed by atoms with Crippen LogP contribution >= 0.6 is 0 Å². The summed E-state index contributed by atoms with van der Waals surface area (Å²) in [6.07, 6.45) is -3.09. The van der Waals surface area contributed by atoms with Gasteiger partial charge < -0.3 is 14.9 Å². The quantitative estimate of drug-likeness (QED) is 0.429. The van der Waals surface area contributed by atoms with Crippen molar-refractivity contribution < 1.29 is 29.3 Å². The number of benzene rings is 1. The van der Waals surface area contributed by atoms with Gasteiger partial charge in [0.2, 0.25) is 0 Å². The van der Waals surface area contributed by atoms with E-state index in [-0.39, 0.29) is 17.9 Å². The average molecular weight is 292 g/mol. The summed E-state index contributed by atoms with van der Waals surface area (Å²) in [5.41, 5.74) is 1.85. The maximum atomic E-state index is 11.2. The van der Waals surface area contributed by atoms with Gasteiger partial charge in [-0.15, -0.1) is 0 Å². The number of hydrazine groups is 1. The van der Waals surface area contributed by atoms with Crippen LogP contribution in [0.25, 0.3) is 0 Å². The number of nitrogens with one attached hydrogen (secondary N) is 1. The molecule has 8 heteroatoms. The lowest BCUT2D eigenvalue weighted by Crippen LogP contribution is -2.45. The Hall–Kier alpha value is -3.21. The van der Waals surface area contributed by atoms with E-state index in [9.17, 15) is 14.4 Å². The molecule has 3 N–H and O–H groups in total. The van der Waals surface area contributed by atoms with E-state index in [0.29, 0.717) is 5.01 Å². The number of anilines is 1. The Bertz CT molecular complexity index is 617. The van der Waals surface area contributed by atoms with E-state index in [2.05, 4.69) is 16.6 Å². The van der Waals surface area contributed by atoms with Gasteiger partial charge in [-0.1, -0.05) is 18.1 Å². The highest BCUT2D eigenvalue weighted by molar-refractivity contribution is 5.92. The fourth-order valence-electron chi connectivity index (χ4n) is 1.37. The third kappa shape index (κ3) is 4.76. The van der Waals surface area contributed by atoms with Crippen LogP contribution in [-0.4, -0.2) is 35.0 Å². The van der Waals surface area contributed by atoms with Crippen LogP contribution in [0, 0.1) is 11.8 Å². The molecule has 0 aliphatic heterocycles. The molecule has 8 nitrogen and oxygen atoms in total. The number of nitrogens with zero attached hydrogens (tertiary/aromatic N) is 1. The van der Waals surface area contributed by atoms with Gasteiger partial charge in [-0.3, -0.25) is 0 Å². The molecule has 0 bridgehead atoms. The minimum absolute atomic E-state index is 0.0239. The molecule has 0 heterocycles. The van der Waals surface area contributed by atoms with E-state index in [1.165, 1.54) is 18.2 Å². The maximum absolute atomic E-state index is 11.2. The van der Waals surface area contributed by atoms with E-state index in [1.807, 2.05) is 0 Å². The Morgan fingerprint density at radius 2 is 1.95 bits per heavy atom. The second-order valence-electron chi connectivity index (χ2n) is 3.52. The zero-order valence-electron chi connectivity index (χ0n) is 11.0. The summed E-state index contributed by atoms with van der Waals surface area (Å²) in [7, 11) is 0. The van der Waals surface area contributed by atoms with Crippen LogP contribution in [0.15, 0.2) is 24.3 Å². The minimum Gasteiger partial charge on any atom is -0.464 e. The number of carboxylic acid groups (broad SMARTS) is 2. The highest BCUT2D eigenvalue weighted by Crippen LogP contribution is 2.18. The summed E-state index contributed by atoms with van der Waals surface area (Å²) < 4.78 is 4.62. The van der Waals surface area contributed by atoms with Gasteiger partial charge in [-0.25, -0.2) is 19.8 Å². The fraction of sp³-hybridized carbons (Fsp3) is 0.154. The van der Waals surface area contributed by atoms with Crippen molar-refractivity contribution in [2.45, 2.75) is 6.92 Å². The summed E-state index contributed by atoms with van der Waals surface area (Å²) in [5.74, 6) is 3.86. The first kappa shape index (κ1) is 15.8.